The van der Waals surface area contributed by atoms with E-state index in [1.54, 1.807) is 30.3 Å². The predicted molar refractivity (Wildman–Crippen MR) is 91.8 cm³/mol. The van der Waals surface area contributed by atoms with Crippen LogP contribution < -0.4 is 6.15 Å². The van der Waals surface area contributed by atoms with Gasteiger partial charge in [-0.2, -0.15) is 8.42 Å². The molecule has 4 nitrogen and oxygen atoms in total. The lowest BCUT2D eigenvalue weighted by Gasteiger charge is -2.05. The Morgan fingerprint density at radius 3 is 1.86 bits per heavy atom. The van der Waals surface area contributed by atoms with Gasteiger partial charge in [-0.3, -0.25) is 4.18 Å². The van der Waals surface area contributed by atoms with Gasteiger partial charge in [-0.25, -0.2) is 0 Å². The Balaban J connectivity index is 0.00000441. The van der Waals surface area contributed by atoms with Crippen LogP contribution in [0.25, 0.3) is 0 Å². The summed E-state index contributed by atoms with van der Waals surface area (Å²) in [6.07, 6.45) is 10.8. The van der Waals surface area contributed by atoms with Crippen LogP contribution >= 0.6 is 0 Å². The van der Waals surface area contributed by atoms with Crippen LogP contribution in [0.3, 0.4) is 0 Å². The number of hydrogen-bond acceptors (Lipinski definition) is 4. The highest BCUT2D eigenvalue weighted by atomic mass is 32.2. The molecule has 5 heteroatoms. The molecule has 0 heterocycles. The van der Waals surface area contributed by atoms with Gasteiger partial charge in [-0.1, -0.05) is 76.5 Å². The van der Waals surface area contributed by atoms with Gasteiger partial charge in [0.1, 0.15) is 0 Å². The molecule has 1 aromatic carbocycles. The molecule has 1 rings (SSSR count). The van der Waals surface area contributed by atoms with Crippen LogP contribution in [0.1, 0.15) is 64.7 Å². The molecule has 0 aromatic heterocycles. The summed E-state index contributed by atoms with van der Waals surface area (Å²) in [6, 6.07) is 8.32. The lowest BCUT2D eigenvalue weighted by atomic mass is 10.1. The van der Waals surface area contributed by atoms with Gasteiger partial charge in [-0.15, -0.1) is 0 Å². The zero-order valence-corrected chi connectivity index (χ0v) is 14.6. The van der Waals surface area contributed by atoms with Gasteiger partial charge in [-0.05, 0) is 18.6 Å². The number of hydrogen-bond donors (Lipinski definition) is 1. The van der Waals surface area contributed by atoms with Crippen LogP contribution in [0.15, 0.2) is 35.2 Å². The zero-order chi connectivity index (χ0) is 15.4. The van der Waals surface area contributed by atoms with E-state index in [1.807, 2.05) is 0 Å². The first kappa shape index (κ1) is 21.1. The minimum absolute atomic E-state index is 0. The summed E-state index contributed by atoms with van der Waals surface area (Å²) in [7, 11) is -3.57. The first-order valence-corrected chi connectivity index (χ1v) is 9.52. The second-order valence-corrected chi connectivity index (χ2v) is 7.03. The Bertz CT molecular complexity index is 460. The van der Waals surface area contributed by atoms with Crippen LogP contribution in [0.5, 0.6) is 0 Å². The highest BCUT2D eigenvalue weighted by Gasteiger charge is 2.13. The van der Waals surface area contributed by atoms with E-state index in [1.165, 1.54) is 44.9 Å². The third kappa shape index (κ3) is 9.18. The van der Waals surface area contributed by atoms with E-state index >= 15 is 0 Å². The molecule has 0 fully saturated rings. The van der Waals surface area contributed by atoms with E-state index in [9.17, 15) is 8.42 Å². The summed E-state index contributed by atoms with van der Waals surface area (Å²) in [5.41, 5.74) is 0. The monoisotopic (exact) mass is 329 g/mol. The molecule has 0 radical (unpaired) electrons. The standard InChI is InChI=1S/C17H28O3S.H3N/c1-2-3-4-5-6-7-8-9-13-16-20-21(18,19)17-14-11-10-12-15-17;/h10-12,14-15H,2-9,13,16H2,1H3;1H3. The normalized spacial score (nSPS) is 11.1. The highest BCUT2D eigenvalue weighted by Crippen LogP contribution is 2.13. The number of benzene rings is 1. The largest absolute Gasteiger partial charge is 0.344 e. The fraction of sp³-hybridized carbons (Fsp3) is 0.647. The van der Waals surface area contributed by atoms with Crippen molar-refractivity contribution in [3.8, 4) is 0 Å². The van der Waals surface area contributed by atoms with E-state index in [0.29, 0.717) is 0 Å². The van der Waals surface area contributed by atoms with Gasteiger partial charge >= 0.3 is 0 Å². The molecular weight excluding hydrogens is 298 g/mol. The van der Waals surface area contributed by atoms with Crippen LogP contribution in [0, 0.1) is 0 Å². The highest BCUT2D eigenvalue weighted by molar-refractivity contribution is 7.86. The van der Waals surface area contributed by atoms with Gasteiger partial charge in [0.15, 0.2) is 0 Å². The van der Waals surface area contributed by atoms with Gasteiger partial charge in [0.05, 0.1) is 11.5 Å². The molecule has 0 aliphatic rings. The molecule has 0 amide bonds. The van der Waals surface area contributed by atoms with E-state index in [4.69, 9.17) is 4.18 Å². The Kier molecular flexibility index (Phi) is 12.1. The molecule has 1 aromatic rings. The van der Waals surface area contributed by atoms with E-state index in [2.05, 4.69) is 6.92 Å². The van der Waals surface area contributed by atoms with E-state index in [-0.39, 0.29) is 17.7 Å². The van der Waals surface area contributed by atoms with Crippen LogP contribution in [0.2, 0.25) is 0 Å². The van der Waals surface area contributed by atoms with Gasteiger partial charge < -0.3 is 6.15 Å². The van der Waals surface area contributed by atoms with Gasteiger partial charge in [0.25, 0.3) is 10.1 Å². The maximum Gasteiger partial charge on any atom is 0.296 e. The minimum Gasteiger partial charge on any atom is -0.344 e. The molecule has 0 aliphatic carbocycles. The topological polar surface area (TPSA) is 78.4 Å². The summed E-state index contributed by atoms with van der Waals surface area (Å²) < 4.78 is 28.7. The molecule has 0 saturated carbocycles. The molecule has 0 saturated heterocycles. The van der Waals surface area contributed by atoms with Crippen molar-refractivity contribution in [3.05, 3.63) is 30.3 Å². The third-order valence-electron chi connectivity index (χ3n) is 3.52. The maximum absolute atomic E-state index is 11.8. The number of unbranched alkanes of at least 4 members (excludes halogenated alkanes) is 8. The predicted octanol–water partition coefficient (Wildman–Crippen LogP) is 5.08. The van der Waals surface area contributed by atoms with Crippen LogP contribution in [-0.4, -0.2) is 15.0 Å². The van der Waals surface area contributed by atoms with Crippen molar-refractivity contribution in [2.75, 3.05) is 6.61 Å². The SMILES string of the molecule is CCCCCCCCCCCOS(=O)(=O)c1ccccc1.N. The van der Waals surface area contributed by atoms with Gasteiger partial charge in [0, 0.05) is 0 Å². The van der Waals surface area contributed by atoms with Crippen LogP contribution in [-0.2, 0) is 14.3 Å². The third-order valence-corrected chi connectivity index (χ3v) is 4.84. The fourth-order valence-corrected chi connectivity index (χ4v) is 3.20. The molecule has 128 valence electrons. The Morgan fingerprint density at radius 2 is 1.32 bits per heavy atom. The van der Waals surface area contributed by atoms with Crippen molar-refractivity contribution in [1.82, 2.24) is 6.15 Å². The smallest absolute Gasteiger partial charge is 0.296 e. The second kappa shape index (κ2) is 12.6. The molecule has 0 spiro atoms. The second-order valence-electron chi connectivity index (χ2n) is 5.42. The quantitative estimate of drug-likeness (QED) is 0.428. The molecule has 0 atom stereocenters. The molecule has 0 bridgehead atoms. The lowest BCUT2D eigenvalue weighted by molar-refractivity contribution is 0.306. The Morgan fingerprint density at radius 1 is 0.818 bits per heavy atom. The summed E-state index contributed by atoms with van der Waals surface area (Å²) >= 11 is 0. The van der Waals surface area contributed by atoms with Crippen molar-refractivity contribution in [2.45, 2.75) is 69.6 Å². The number of rotatable bonds is 12. The van der Waals surface area contributed by atoms with Crippen molar-refractivity contribution in [2.24, 2.45) is 0 Å². The Hall–Kier alpha value is -0.910. The molecule has 0 aliphatic heterocycles. The molecule has 3 N–H and O–H groups in total. The van der Waals surface area contributed by atoms with E-state index < -0.39 is 10.1 Å². The summed E-state index contributed by atoms with van der Waals surface area (Å²) in [5, 5.41) is 0. The van der Waals surface area contributed by atoms with Crippen molar-refractivity contribution < 1.29 is 12.6 Å². The fourth-order valence-electron chi connectivity index (χ4n) is 2.24. The average Bonchev–Trinajstić information content (AvgIpc) is 2.50. The van der Waals surface area contributed by atoms with Crippen LogP contribution in [0.4, 0.5) is 0 Å². The maximum atomic E-state index is 11.8. The molecule has 0 unspecified atom stereocenters. The molecular formula is C17H31NO3S. The summed E-state index contributed by atoms with van der Waals surface area (Å²) in [5.74, 6) is 0. The summed E-state index contributed by atoms with van der Waals surface area (Å²) in [4.78, 5) is 0.237. The zero-order valence-electron chi connectivity index (χ0n) is 13.8. The first-order valence-electron chi connectivity index (χ1n) is 8.11. The Labute approximate surface area is 136 Å². The van der Waals surface area contributed by atoms with Gasteiger partial charge in [0.2, 0.25) is 0 Å². The van der Waals surface area contributed by atoms with E-state index in [0.717, 1.165) is 12.8 Å². The average molecular weight is 330 g/mol. The van der Waals surface area contributed by atoms with Crippen molar-refractivity contribution in [3.63, 3.8) is 0 Å². The van der Waals surface area contributed by atoms with Crippen molar-refractivity contribution in [1.29, 1.82) is 0 Å². The summed E-state index contributed by atoms with van der Waals surface area (Å²) in [6.45, 7) is 2.51. The molecule has 22 heavy (non-hydrogen) atoms. The lowest BCUT2D eigenvalue weighted by Crippen LogP contribution is -2.07. The first-order chi connectivity index (χ1) is 10.2. The minimum atomic E-state index is -3.57. The van der Waals surface area contributed by atoms with Crippen molar-refractivity contribution >= 4 is 10.1 Å².